The van der Waals surface area contributed by atoms with Crippen molar-refractivity contribution in [1.82, 2.24) is 0 Å². The molecule has 0 fully saturated rings. The molecule has 3 N–H and O–H groups in total. The number of hydrogen-bond acceptors (Lipinski definition) is 2. The second-order valence-corrected chi connectivity index (χ2v) is 1.65. The van der Waals surface area contributed by atoms with Crippen molar-refractivity contribution in [1.29, 1.82) is 0 Å². The van der Waals surface area contributed by atoms with Crippen LogP contribution in [0.1, 0.15) is 13.8 Å². The molecule has 0 aliphatic heterocycles. The first-order valence-electron chi connectivity index (χ1n) is 2.24. The summed E-state index contributed by atoms with van der Waals surface area (Å²) >= 11 is 0. The van der Waals surface area contributed by atoms with Crippen LogP contribution in [0, 0.1) is 0 Å². The van der Waals surface area contributed by atoms with E-state index in [2.05, 4.69) is 0 Å². The molecule has 0 spiro atoms. The smallest absolute Gasteiger partial charge is 0.104 e. The van der Waals surface area contributed by atoms with Gasteiger partial charge in [0.15, 0.2) is 0 Å². The van der Waals surface area contributed by atoms with E-state index < -0.39 is 0 Å². The maximum atomic E-state index is 8.69. The molecule has 0 aromatic heterocycles. The third kappa shape index (κ3) is 2.23. The Morgan fingerprint density at radius 1 is 1.57 bits per heavy atom. The predicted molar refractivity (Wildman–Crippen MR) is 30.1 cm³/mol. The molecule has 0 aromatic rings. The summed E-state index contributed by atoms with van der Waals surface area (Å²) in [5, 5.41) is 8.69. The van der Waals surface area contributed by atoms with Crippen LogP contribution in [0.4, 0.5) is 0 Å². The predicted octanol–water partition coefficient (Wildman–Crippen LogP) is 0.797. The molecule has 0 heterocycles. The van der Waals surface area contributed by atoms with E-state index in [1.165, 1.54) is 0 Å². The van der Waals surface area contributed by atoms with E-state index in [1.807, 2.05) is 13.8 Å². The van der Waals surface area contributed by atoms with Crippen molar-refractivity contribution in [3.8, 4) is 0 Å². The number of aliphatic hydroxyl groups excluding tert-OH is 1. The van der Waals surface area contributed by atoms with E-state index in [0.29, 0.717) is 5.76 Å². The molecule has 0 aliphatic rings. The SMILES string of the molecule is CC(C)=C(O)CN. The number of allylic oxidation sites excluding steroid dienone is 1. The van der Waals surface area contributed by atoms with E-state index >= 15 is 0 Å². The molecule has 0 radical (unpaired) electrons. The third-order valence-electron chi connectivity index (χ3n) is 0.771. The second-order valence-electron chi connectivity index (χ2n) is 1.65. The van der Waals surface area contributed by atoms with Crippen molar-refractivity contribution in [2.45, 2.75) is 13.8 Å². The number of aliphatic hydroxyl groups is 1. The fourth-order valence-corrected chi connectivity index (χ4v) is 0.204. The molecule has 0 rings (SSSR count). The zero-order valence-corrected chi connectivity index (χ0v) is 4.73. The molecule has 2 heteroatoms. The van der Waals surface area contributed by atoms with E-state index in [0.717, 1.165) is 5.57 Å². The minimum absolute atomic E-state index is 0.252. The zero-order valence-electron chi connectivity index (χ0n) is 4.73. The minimum Gasteiger partial charge on any atom is -0.511 e. The van der Waals surface area contributed by atoms with Gasteiger partial charge in [-0.05, 0) is 19.4 Å². The molecular weight excluding hydrogens is 90.1 g/mol. The van der Waals surface area contributed by atoms with Gasteiger partial charge in [-0.2, -0.15) is 0 Å². The maximum absolute atomic E-state index is 8.69. The molecule has 0 aliphatic carbocycles. The van der Waals surface area contributed by atoms with Gasteiger partial charge in [-0.1, -0.05) is 0 Å². The van der Waals surface area contributed by atoms with Crippen LogP contribution in [0.25, 0.3) is 0 Å². The molecule has 7 heavy (non-hydrogen) atoms. The summed E-state index contributed by atoms with van der Waals surface area (Å²) < 4.78 is 0. The van der Waals surface area contributed by atoms with Gasteiger partial charge in [0.05, 0.1) is 6.54 Å². The van der Waals surface area contributed by atoms with E-state index in [4.69, 9.17) is 10.8 Å². The molecular formula is C5H11NO. The summed E-state index contributed by atoms with van der Waals surface area (Å²) in [5.41, 5.74) is 5.96. The van der Waals surface area contributed by atoms with Gasteiger partial charge >= 0.3 is 0 Å². The summed E-state index contributed by atoms with van der Waals surface area (Å²) in [6, 6.07) is 0. The minimum atomic E-state index is 0.252. The van der Waals surface area contributed by atoms with Gasteiger partial charge in [-0.15, -0.1) is 0 Å². The van der Waals surface area contributed by atoms with Crippen molar-refractivity contribution in [3.63, 3.8) is 0 Å². The largest absolute Gasteiger partial charge is 0.511 e. The lowest BCUT2D eigenvalue weighted by Gasteiger charge is -1.93. The Kier molecular flexibility index (Phi) is 2.45. The number of rotatable bonds is 1. The molecule has 42 valence electrons. The van der Waals surface area contributed by atoms with Crippen LogP contribution in [-0.4, -0.2) is 11.7 Å². The lowest BCUT2D eigenvalue weighted by molar-refractivity contribution is 0.396. The van der Waals surface area contributed by atoms with Gasteiger partial charge in [0.25, 0.3) is 0 Å². The standard InChI is InChI=1S/C5H11NO/c1-4(2)5(7)3-6/h7H,3,6H2,1-2H3. The molecule has 0 amide bonds. The van der Waals surface area contributed by atoms with Crippen LogP contribution in [0.3, 0.4) is 0 Å². The van der Waals surface area contributed by atoms with Gasteiger partial charge in [-0.3, -0.25) is 0 Å². The number of nitrogens with two attached hydrogens (primary N) is 1. The first kappa shape index (κ1) is 6.50. The average molecular weight is 101 g/mol. The highest BCUT2D eigenvalue weighted by Gasteiger charge is 1.86. The van der Waals surface area contributed by atoms with Crippen LogP contribution in [-0.2, 0) is 0 Å². The second kappa shape index (κ2) is 2.64. The van der Waals surface area contributed by atoms with Crippen molar-refractivity contribution in [2.24, 2.45) is 5.73 Å². The normalized spacial score (nSPS) is 8.43. The van der Waals surface area contributed by atoms with Gasteiger partial charge in [0, 0.05) is 0 Å². The quantitative estimate of drug-likeness (QED) is 0.480. The Bertz CT molecular complexity index is 82.1. The van der Waals surface area contributed by atoms with Gasteiger partial charge < -0.3 is 10.8 Å². The highest BCUT2D eigenvalue weighted by Crippen LogP contribution is 1.93. The summed E-state index contributed by atoms with van der Waals surface area (Å²) in [4.78, 5) is 0. The Morgan fingerprint density at radius 3 is 2.00 bits per heavy atom. The Morgan fingerprint density at radius 2 is 2.00 bits per heavy atom. The van der Waals surface area contributed by atoms with Crippen LogP contribution >= 0.6 is 0 Å². The van der Waals surface area contributed by atoms with Crippen molar-refractivity contribution >= 4 is 0 Å². The van der Waals surface area contributed by atoms with E-state index in [1.54, 1.807) is 0 Å². The average Bonchev–Trinajstić information content (AvgIpc) is 1.65. The van der Waals surface area contributed by atoms with Crippen LogP contribution in [0.2, 0.25) is 0 Å². The summed E-state index contributed by atoms with van der Waals surface area (Å²) in [5.74, 6) is 0.292. The molecule has 0 atom stereocenters. The van der Waals surface area contributed by atoms with Crippen LogP contribution < -0.4 is 5.73 Å². The first-order chi connectivity index (χ1) is 3.18. The van der Waals surface area contributed by atoms with Crippen molar-refractivity contribution in [3.05, 3.63) is 11.3 Å². The summed E-state index contributed by atoms with van der Waals surface area (Å²) in [6.07, 6.45) is 0. The third-order valence-corrected chi connectivity index (χ3v) is 0.771. The molecule has 0 bridgehead atoms. The lowest BCUT2D eigenvalue weighted by atomic mass is 10.3. The Hall–Kier alpha value is -0.500. The highest BCUT2D eigenvalue weighted by atomic mass is 16.3. The topological polar surface area (TPSA) is 46.2 Å². The molecule has 0 aromatic carbocycles. The monoisotopic (exact) mass is 101 g/mol. The molecule has 0 saturated carbocycles. The lowest BCUT2D eigenvalue weighted by Crippen LogP contribution is -2.02. The first-order valence-corrected chi connectivity index (χ1v) is 2.24. The van der Waals surface area contributed by atoms with E-state index in [9.17, 15) is 0 Å². The van der Waals surface area contributed by atoms with Crippen molar-refractivity contribution in [2.75, 3.05) is 6.54 Å². The van der Waals surface area contributed by atoms with Gasteiger partial charge in [0.1, 0.15) is 5.76 Å². The molecule has 0 saturated heterocycles. The Labute approximate surface area is 43.6 Å². The highest BCUT2D eigenvalue weighted by molar-refractivity contribution is 5.01. The maximum Gasteiger partial charge on any atom is 0.104 e. The Balaban J connectivity index is 3.72. The summed E-state index contributed by atoms with van der Waals surface area (Å²) in [6.45, 7) is 3.90. The summed E-state index contributed by atoms with van der Waals surface area (Å²) in [7, 11) is 0. The van der Waals surface area contributed by atoms with E-state index in [-0.39, 0.29) is 6.54 Å². The zero-order chi connectivity index (χ0) is 5.86. The van der Waals surface area contributed by atoms with Gasteiger partial charge in [-0.25, -0.2) is 0 Å². The molecule has 2 nitrogen and oxygen atoms in total. The fourth-order valence-electron chi connectivity index (χ4n) is 0.204. The number of hydrogen-bond donors (Lipinski definition) is 2. The molecule has 0 unspecified atom stereocenters. The van der Waals surface area contributed by atoms with Crippen LogP contribution in [0.5, 0.6) is 0 Å². The van der Waals surface area contributed by atoms with Crippen LogP contribution in [0.15, 0.2) is 11.3 Å². The van der Waals surface area contributed by atoms with Crippen molar-refractivity contribution < 1.29 is 5.11 Å². The van der Waals surface area contributed by atoms with Gasteiger partial charge in [0.2, 0.25) is 0 Å². The fraction of sp³-hybridized carbons (Fsp3) is 0.600.